The largest absolute Gasteiger partial charge is 0.488 e. The summed E-state index contributed by atoms with van der Waals surface area (Å²) in [5.41, 5.74) is -0.225. The van der Waals surface area contributed by atoms with Gasteiger partial charge in [-0.1, -0.05) is 0 Å². The predicted octanol–water partition coefficient (Wildman–Crippen LogP) is 2.47. The molecule has 2 saturated heterocycles. The maximum absolute atomic E-state index is 11.2. The first-order valence-corrected chi connectivity index (χ1v) is 7.62. The Morgan fingerprint density at radius 1 is 1.55 bits per heavy atom. The van der Waals surface area contributed by atoms with Gasteiger partial charge in [0.1, 0.15) is 11.9 Å². The van der Waals surface area contributed by atoms with E-state index in [1.165, 1.54) is 11.3 Å². The molecule has 5 nitrogen and oxygen atoms in total. The number of hydrogen-bond acceptors (Lipinski definition) is 5. The van der Waals surface area contributed by atoms with Crippen LogP contribution in [-0.4, -0.2) is 42.6 Å². The summed E-state index contributed by atoms with van der Waals surface area (Å²) in [5.74, 6) is -0.440. The maximum atomic E-state index is 11.2. The van der Waals surface area contributed by atoms with Crippen molar-refractivity contribution in [3.8, 4) is 5.75 Å². The number of thiophene rings is 1. The number of carboxylic acid groups (broad SMARTS) is 1. The lowest BCUT2D eigenvalue weighted by molar-refractivity contribution is -0.112. The molecule has 6 heteroatoms. The lowest BCUT2D eigenvalue weighted by Gasteiger charge is -2.36. The number of ether oxygens (including phenoxy) is 3. The molecule has 0 radical (unpaired) electrons. The van der Waals surface area contributed by atoms with Crippen molar-refractivity contribution in [2.24, 2.45) is 0 Å². The zero-order valence-electron chi connectivity index (χ0n) is 11.4. The summed E-state index contributed by atoms with van der Waals surface area (Å²) in [6.07, 6.45) is 2.44. The van der Waals surface area contributed by atoms with E-state index in [1.807, 2.05) is 6.92 Å². The minimum absolute atomic E-state index is 0.00227. The third-order valence-electron chi connectivity index (χ3n) is 3.82. The van der Waals surface area contributed by atoms with Crippen LogP contribution in [0.1, 0.15) is 33.8 Å². The summed E-state index contributed by atoms with van der Waals surface area (Å²) in [4.78, 5) is 12.4. The Balaban J connectivity index is 1.72. The second kappa shape index (κ2) is 5.35. The summed E-state index contributed by atoms with van der Waals surface area (Å²) in [6, 6.07) is 1.81. The molecule has 2 atom stereocenters. The molecule has 2 aliphatic heterocycles. The molecule has 1 N–H and O–H groups in total. The van der Waals surface area contributed by atoms with E-state index in [2.05, 4.69) is 0 Å². The molecular formula is C14H18O5S. The van der Waals surface area contributed by atoms with E-state index in [4.69, 9.17) is 14.2 Å². The van der Waals surface area contributed by atoms with Crippen LogP contribution in [0.5, 0.6) is 5.75 Å². The fourth-order valence-electron chi connectivity index (χ4n) is 2.85. The van der Waals surface area contributed by atoms with Gasteiger partial charge >= 0.3 is 5.97 Å². The van der Waals surface area contributed by atoms with Crippen molar-refractivity contribution in [2.75, 3.05) is 19.8 Å². The highest BCUT2D eigenvalue weighted by atomic mass is 32.1. The smallest absolute Gasteiger partial charge is 0.349 e. The van der Waals surface area contributed by atoms with Gasteiger partial charge in [0.2, 0.25) is 0 Å². The topological polar surface area (TPSA) is 65.0 Å². The Kier molecular flexibility index (Phi) is 3.70. The summed E-state index contributed by atoms with van der Waals surface area (Å²) in [5, 5.41) is 9.20. The van der Waals surface area contributed by atoms with Gasteiger partial charge in [-0.2, -0.15) is 0 Å². The predicted molar refractivity (Wildman–Crippen MR) is 73.8 cm³/mol. The normalized spacial score (nSPS) is 29.8. The molecule has 0 aliphatic carbocycles. The van der Waals surface area contributed by atoms with Crippen LogP contribution < -0.4 is 4.74 Å². The zero-order valence-corrected chi connectivity index (χ0v) is 12.2. The van der Waals surface area contributed by atoms with Gasteiger partial charge in [0.25, 0.3) is 0 Å². The molecule has 0 saturated carbocycles. The summed E-state index contributed by atoms with van der Waals surface area (Å²) >= 11 is 1.25. The average molecular weight is 298 g/mol. The minimum atomic E-state index is -0.927. The van der Waals surface area contributed by atoms with Crippen LogP contribution in [-0.2, 0) is 9.47 Å². The number of carboxylic acids is 1. The van der Waals surface area contributed by atoms with Crippen LogP contribution in [0.3, 0.4) is 0 Å². The second-order valence-electron chi connectivity index (χ2n) is 5.42. The van der Waals surface area contributed by atoms with Gasteiger partial charge < -0.3 is 19.3 Å². The zero-order chi connectivity index (χ0) is 14.2. The highest BCUT2D eigenvalue weighted by Gasteiger charge is 2.42. The third kappa shape index (κ3) is 2.68. The first-order chi connectivity index (χ1) is 9.58. The molecule has 2 fully saturated rings. The van der Waals surface area contributed by atoms with E-state index in [9.17, 15) is 9.90 Å². The van der Waals surface area contributed by atoms with Crippen molar-refractivity contribution in [1.82, 2.24) is 0 Å². The van der Waals surface area contributed by atoms with Crippen LogP contribution >= 0.6 is 11.3 Å². The van der Waals surface area contributed by atoms with Crippen molar-refractivity contribution in [2.45, 2.75) is 37.9 Å². The van der Waals surface area contributed by atoms with E-state index in [0.717, 1.165) is 30.7 Å². The van der Waals surface area contributed by atoms with E-state index >= 15 is 0 Å². The monoisotopic (exact) mass is 298 g/mol. The van der Waals surface area contributed by atoms with Crippen molar-refractivity contribution in [1.29, 1.82) is 0 Å². The first kappa shape index (κ1) is 13.9. The number of aromatic carboxylic acids is 1. The molecule has 1 aromatic heterocycles. The van der Waals surface area contributed by atoms with Gasteiger partial charge in [-0.15, -0.1) is 11.3 Å². The van der Waals surface area contributed by atoms with E-state index in [0.29, 0.717) is 19.0 Å². The van der Waals surface area contributed by atoms with Crippen molar-refractivity contribution in [3.63, 3.8) is 0 Å². The van der Waals surface area contributed by atoms with Crippen LogP contribution in [0.15, 0.2) is 6.07 Å². The van der Waals surface area contributed by atoms with E-state index in [1.54, 1.807) is 6.07 Å². The highest BCUT2D eigenvalue weighted by Crippen LogP contribution is 2.36. The minimum Gasteiger partial charge on any atom is -0.488 e. The van der Waals surface area contributed by atoms with Gasteiger partial charge in [0.05, 0.1) is 18.8 Å². The number of rotatable bonds is 3. The number of hydrogen-bond donors (Lipinski definition) is 1. The lowest BCUT2D eigenvalue weighted by atomic mass is 9.91. The van der Waals surface area contributed by atoms with Gasteiger partial charge in [0.15, 0.2) is 4.88 Å². The Morgan fingerprint density at radius 3 is 3.10 bits per heavy atom. The molecule has 20 heavy (non-hydrogen) atoms. The summed E-state index contributed by atoms with van der Waals surface area (Å²) in [7, 11) is 0. The Hall–Kier alpha value is -1.11. The summed E-state index contributed by atoms with van der Waals surface area (Å²) in [6.45, 7) is 3.87. The van der Waals surface area contributed by atoms with Gasteiger partial charge in [-0.3, -0.25) is 0 Å². The molecule has 3 rings (SSSR count). The molecule has 2 unspecified atom stereocenters. The van der Waals surface area contributed by atoms with Crippen molar-refractivity contribution in [3.05, 3.63) is 15.8 Å². The molecule has 0 aromatic carbocycles. The third-order valence-corrected chi connectivity index (χ3v) is 4.84. The number of carbonyl (C=O) groups is 1. The molecule has 110 valence electrons. The quantitative estimate of drug-likeness (QED) is 0.928. The fraction of sp³-hybridized carbons (Fsp3) is 0.643. The molecule has 1 aromatic rings. The summed E-state index contributed by atoms with van der Waals surface area (Å²) < 4.78 is 17.2. The molecule has 3 heterocycles. The standard InChI is InChI=1S/C14H18O5S/c1-9-6-11(12(20-9)13(15)16)19-10-2-4-18-14(7-10)3-5-17-8-14/h6,10H,2-5,7-8H2,1H3,(H,15,16). The lowest BCUT2D eigenvalue weighted by Crippen LogP contribution is -2.44. The van der Waals surface area contributed by atoms with Crippen LogP contribution in [0, 0.1) is 6.92 Å². The average Bonchev–Trinajstić information content (AvgIpc) is 2.97. The fourth-order valence-corrected chi connectivity index (χ4v) is 3.64. The number of aryl methyl sites for hydroxylation is 1. The first-order valence-electron chi connectivity index (χ1n) is 6.80. The van der Waals surface area contributed by atoms with Gasteiger partial charge in [0, 0.05) is 30.7 Å². The maximum Gasteiger partial charge on any atom is 0.349 e. The van der Waals surface area contributed by atoms with E-state index in [-0.39, 0.29) is 16.6 Å². The van der Waals surface area contributed by atoms with Crippen LogP contribution in [0.25, 0.3) is 0 Å². The van der Waals surface area contributed by atoms with Crippen LogP contribution in [0.2, 0.25) is 0 Å². The molecule has 0 amide bonds. The van der Waals surface area contributed by atoms with Gasteiger partial charge in [-0.05, 0) is 13.0 Å². The van der Waals surface area contributed by atoms with Gasteiger partial charge in [-0.25, -0.2) is 4.79 Å². The highest BCUT2D eigenvalue weighted by molar-refractivity contribution is 7.14. The SMILES string of the molecule is Cc1cc(OC2CCOC3(CCOC3)C2)c(C(=O)O)s1. The molecule has 1 spiro atoms. The molecule has 2 aliphatic rings. The second-order valence-corrected chi connectivity index (χ2v) is 6.68. The van der Waals surface area contributed by atoms with E-state index < -0.39 is 5.97 Å². The van der Waals surface area contributed by atoms with Crippen LogP contribution in [0.4, 0.5) is 0 Å². The van der Waals surface area contributed by atoms with Crippen molar-refractivity contribution >= 4 is 17.3 Å². The molecular weight excluding hydrogens is 280 g/mol. The molecule has 0 bridgehead atoms. The van der Waals surface area contributed by atoms with Crippen molar-refractivity contribution < 1.29 is 24.1 Å². The Labute approximate surface area is 121 Å². The Morgan fingerprint density at radius 2 is 2.40 bits per heavy atom. The Bertz CT molecular complexity index is 504.